The smallest absolute Gasteiger partial charge is 0.138 e. The summed E-state index contributed by atoms with van der Waals surface area (Å²) in [5.41, 5.74) is 0.0429. The fourth-order valence-electron chi connectivity index (χ4n) is 3.13. The molecule has 1 aromatic heterocycles. The highest BCUT2D eigenvalue weighted by molar-refractivity contribution is 4.74. The molecule has 0 aliphatic heterocycles. The molecule has 4 nitrogen and oxygen atoms in total. The van der Waals surface area contributed by atoms with Gasteiger partial charge in [0.1, 0.15) is 6.33 Å². The van der Waals surface area contributed by atoms with Gasteiger partial charge >= 0.3 is 0 Å². The minimum Gasteiger partial charge on any atom is -0.227 e. The van der Waals surface area contributed by atoms with E-state index in [1.165, 1.54) is 83.5 Å². The van der Waals surface area contributed by atoms with Crippen LogP contribution in [0.15, 0.2) is 6.33 Å². The van der Waals surface area contributed by atoms with Crippen LogP contribution in [0.1, 0.15) is 111 Å². The molecular formula is C19H38N4. The average Bonchev–Trinajstić information content (AvgIpc) is 3.07. The van der Waals surface area contributed by atoms with Crippen molar-refractivity contribution in [3.8, 4) is 0 Å². The van der Waals surface area contributed by atoms with Crippen LogP contribution in [0.3, 0.4) is 0 Å². The maximum Gasteiger partial charge on any atom is 0.138 e. The van der Waals surface area contributed by atoms with Crippen LogP contribution in [-0.2, 0) is 5.54 Å². The second kappa shape index (κ2) is 12.5. The SMILES string of the molecule is CCCCCCCCCCCCCCCC(C)(C)n1cnnn1. The zero-order valence-corrected chi connectivity index (χ0v) is 15.8. The van der Waals surface area contributed by atoms with Gasteiger partial charge in [0.05, 0.1) is 5.54 Å². The van der Waals surface area contributed by atoms with Crippen molar-refractivity contribution in [2.45, 2.75) is 116 Å². The fraction of sp³-hybridized carbons (Fsp3) is 0.947. The summed E-state index contributed by atoms with van der Waals surface area (Å²) < 4.78 is 1.88. The molecule has 1 heterocycles. The maximum absolute atomic E-state index is 4.02. The van der Waals surface area contributed by atoms with Crippen molar-refractivity contribution in [3.05, 3.63) is 6.33 Å². The first-order valence-electron chi connectivity index (χ1n) is 9.90. The molecule has 0 spiro atoms. The van der Waals surface area contributed by atoms with Gasteiger partial charge in [-0.1, -0.05) is 90.4 Å². The largest absolute Gasteiger partial charge is 0.227 e. The van der Waals surface area contributed by atoms with E-state index in [2.05, 4.69) is 36.3 Å². The highest BCUT2D eigenvalue weighted by Gasteiger charge is 2.20. The molecule has 4 heteroatoms. The molecule has 0 bridgehead atoms. The first kappa shape index (κ1) is 20.1. The monoisotopic (exact) mass is 322 g/mol. The molecule has 0 aromatic carbocycles. The van der Waals surface area contributed by atoms with Crippen LogP contribution in [0.2, 0.25) is 0 Å². The van der Waals surface area contributed by atoms with Crippen molar-refractivity contribution in [1.82, 2.24) is 20.2 Å². The van der Waals surface area contributed by atoms with E-state index < -0.39 is 0 Å². The van der Waals surface area contributed by atoms with Crippen LogP contribution in [0, 0.1) is 0 Å². The Hall–Kier alpha value is -0.930. The summed E-state index contributed by atoms with van der Waals surface area (Å²) in [4.78, 5) is 0. The summed E-state index contributed by atoms with van der Waals surface area (Å²) in [6.07, 6.45) is 21.1. The standard InChI is InChI=1S/C19H38N4/c1-4-5-6-7-8-9-10-11-12-13-14-15-16-17-19(2,3)23-18-20-21-22-23/h18H,4-17H2,1-3H3. The summed E-state index contributed by atoms with van der Waals surface area (Å²) in [6, 6.07) is 0. The van der Waals surface area contributed by atoms with Gasteiger partial charge in [0.15, 0.2) is 0 Å². The van der Waals surface area contributed by atoms with E-state index in [1.807, 2.05) is 4.68 Å². The van der Waals surface area contributed by atoms with Crippen LogP contribution >= 0.6 is 0 Å². The Kier molecular flexibility index (Phi) is 10.9. The van der Waals surface area contributed by atoms with Crippen LogP contribution in [-0.4, -0.2) is 20.2 Å². The first-order chi connectivity index (χ1) is 11.2. The lowest BCUT2D eigenvalue weighted by Gasteiger charge is -2.23. The van der Waals surface area contributed by atoms with E-state index in [1.54, 1.807) is 6.33 Å². The third kappa shape index (κ3) is 9.72. The number of hydrogen-bond donors (Lipinski definition) is 0. The molecule has 0 unspecified atom stereocenters. The second-order valence-electron chi connectivity index (χ2n) is 7.56. The Balaban J connectivity index is 1.85. The molecule has 1 rings (SSSR count). The molecule has 0 aliphatic rings. The van der Waals surface area contributed by atoms with Crippen molar-refractivity contribution in [1.29, 1.82) is 0 Å². The zero-order chi connectivity index (χ0) is 16.8. The quantitative estimate of drug-likeness (QED) is 0.378. The predicted octanol–water partition coefficient (Wildman–Crippen LogP) is 5.89. The fourth-order valence-corrected chi connectivity index (χ4v) is 3.13. The molecule has 0 N–H and O–H groups in total. The molecular weight excluding hydrogens is 284 g/mol. The predicted molar refractivity (Wildman–Crippen MR) is 97.5 cm³/mol. The van der Waals surface area contributed by atoms with Crippen molar-refractivity contribution < 1.29 is 0 Å². The van der Waals surface area contributed by atoms with Crippen molar-refractivity contribution >= 4 is 0 Å². The van der Waals surface area contributed by atoms with Crippen LogP contribution in [0.5, 0.6) is 0 Å². The van der Waals surface area contributed by atoms with Crippen molar-refractivity contribution in [3.63, 3.8) is 0 Å². The molecule has 0 radical (unpaired) electrons. The molecule has 0 saturated carbocycles. The Morgan fingerprint density at radius 3 is 1.65 bits per heavy atom. The topological polar surface area (TPSA) is 43.6 Å². The minimum atomic E-state index is 0.0429. The summed E-state index contributed by atoms with van der Waals surface area (Å²) in [7, 11) is 0. The van der Waals surface area contributed by atoms with Gasteiger partial charge in [0.25, 0.3) is 0 Å². The molecule has 0 saturated heterocycles. The van der Waals surface area contributed by atoms with Crippen LogP contribution < -0.4 is 0 Å². The van der Waals surface area contributed by atoms with Gasteiger partial charge in [-0.15, -0.1) is 5.10 Å². The lowest BCUT2D eigenvalue weighted by atomic mass is 9.96. The Morgan fingerprint density at radius 2 is 1.22 bits per heavy atom. The summed E-state index contributed by atoms with van der Waals surface area (Å²) >= 11 is 0. The minimum absolute atomic E-state index is 0.0429. The molecule has 1 aromatic rings. The van der Waals surface area contributed by atoms with Crippen LogP contribution in [0.4, 0.5) is 0 Å². The number of aromatic nitrogens is 4. The molecule has 0 atom stereocenters. The van der Waals surface area contributed by atoms with E-state index in [9.17, 15) is 0 Å². The summed E-state index contributed by atoms with van der Waals surface area (Å²) in [6.45, 7) is 6.71. The normalized spacial score (nSPS) is 12.0. The third-order valence-electron chi connectivity index (χ3n) is 4.86. The average molecular weight is 323 g/mol. The summed E-state index contributed by atoms with van der Waals surface area (Å²) in [5.74, 6) is 0. The van der Waals surface area contributed by atoms with E-state index in [4.69, 9.17) is 0 Å². The lowest BCUT2D eigenvalue weighted by Crippen LogP contribution is -2.26. The molecule has 0 aliphatic carbocycles. The van der Waals surface area contributed by atoms with Crippen LogP contribution in [0.25, 0.3) is 0 Å². The van der Waals surface area contributed by atoms with Gasteiger partial charge < -0.3 is 0 Å². The van der Waals surface area contributed by atoms with Crippen molar-refractivity contribution in [2.24, 2.45) is 0 Å². The van der Waals surface area contributed by atoms with E-state index in [0.717, 1.165) is 6.42 Å². The Morgan fingerprint density at radius 1 is 0.739 bits per heavy atom. The second-order valence-corrected chi connectivity index (χ2v) is 7.56. The Labute approximate surface area is 143 Å². The van der Waals surface area contributed by atoms with E-state index >= 15 is 0 Å². The highest BCUT2D eigenvalue weighted by Crippen LogP contribution is 2.22. The van der Waals surface area contributed by atoms with E-state index in [0.29, 0.717) is 0 Å². The van der Waals surface area contributed by atoms with Crippen molar-refractivity contribution in [2.75, 3.05) is 0 Å². The molecule has 0 amide bonds. The third-order valence-corrected chi connectivity index (χ3v) is 4.86. The van der Waals surface area contributed by atoms with Gasteiger partial charge in [-0.2, -0.15) is 0 Å². The Bertz CT molecular complexity index is 359. The van der Waals surface area contributed by atoms with Gasteiger partial charge in [0, 0.05) is 0 Å². The zero-order valence-electron chi connectivity index (χ0n) is 15.8. The summed E-state index contributed by atoms with van der Waals surface area (Å²) in [5, 5.41) is 11.5. The van der Waals surface area contributed by atoms with Gasteiger partial charge in [-0.3, -0.25) is 0 Å². The van der Waals surface area contributed by atoms with E-state index in [-0.39, 0.29) is 5.54 Å². The number of hydrogen-bond acceptors (Lipinski definition) is 3. The molecule has 23 heavy (non-hydrogen) atoms. The van der Waals surface area contributed by atoms with Gasteiger partial charge in [0.2, 0.25) is 0 Å². The molecule has 0 fully saturated rings. The number of unbranched alkanes of at least 4 members (excludes halogenated alkanes) is 12. The molecule has 134 valence electrons. The first-order valence-corrected chi connectivity index (χ1v) is 9.90. The number of rotatable bonds is 15. The number of tetrazole rings is 1. The lowest BCUT2D eigenvalue weighted by molar-refractivity contribution is 0.278. The van der Waals surface area contributed by atoms with Gasteiger partial charge in [-0.25, -0.2) is 4.68 Å². The maximum atomic E-state index is 4.02. The van der Waals surface area contributed by atoms with Gasteiger partial charge in [-0.05, 0) is 30.7 Å². The number of nitrogens with zero attached hydrogens (tertiary/aromatic N) is 4. The highest BCUT2D eigenvalue weighted by atomic mass is 15.5.